The standard InChI is InChI=1S/C25H17Cl3FN7O/c26-16-5-3-15(4-6-16)24-19(12-22-31-34-35-32-22)23(25(37)30-13-14-1-8-18(29)9-2-14)33-36(24)21-10-7-17(27)11-20(21)28/h1-11H,12-13H2,(H,30,37)(H,31,32,34,35). The van der Waals surface area contributed by atoms with Gasteiger partial charge in [0.15, 0.2) is 11.5 Å². The fourth-order valence-corrected chi connectivity index (χ4v) is 4.43. The van der Waals surface area contributed by atoms with Crippen LogP contribution >= 0.6 is 34.8 Å². The number of carbonyl (C=O) groups excluding carboxylic acids is 1. The van der Waals surface area contributed by atoms with Crippen LogP contribution in [-0.4, -0.2) is 36.3 Å². The lowest BCUT2D eigenvalue weighted by Gasteiger charge is -2.11. The van der Waals surface area contributed by atoms with Gasteiger partial charge in [-0.15, -0.1) is 10.2 Å². The van der Waals surface area contributed by atoms with Crippen molar-refractivity contribution in [3.05, 3.63) is 110 Å². The molecule has 3 aromatic carbocycles. The van der Waals surface area contributed by atoms with Gasteiger partial charge in [-0.25, -0.2) is 9.07 Å². The van der Waals surface area contributed by atoms with E-state index in [9.17, 15) is 9.18 Å². The third-order valence-corrected chi connectivity index (χ3v) is 6.33. The summed E-state index contributed by atoms with van der Waals surface area (Å²) in [6.07, 6.45) is 0.152. The van der Waals surface area contributed by atoms with E-state index in [1.807, 2.05) is 12.1 Å². The molecule has 2 heterocycles. The molecule has 0 saturated heterocycles. The van der Waals surface area contributed by atoms with Crippen LogP contribution in [0.2, 0.25) is 15.1 Å². The largest absolute Gasteiger partial charge is 0.347 e. The zero-order valence-electron chi connectivity index (χ0n) is 18.9. The number of benzene rings is 3. The summed E-state index contributed by atoms with van der Waals surface area (Å²) >= 11 is 18.8. The third kappa shape index (κ3) is 5.48. The molecule has 0 atom stereocenters. The van der Waals surface area contributed by atoms with Crippen molar-refractivity contribution < 1.29 is 9.18 Å². The summed E-state index contributed by atoms with van der Waals surface area (Å²) in [4.78, 5) is 13.5. The zero-order chi connectivity index (χ0) is 25.9. The molecule has 12 heteroatoms. The second-order valence-electron chi connectivity index (χ2n) is 8.00. The van der Waals surface area contributed by atoms with Crippen LogP contribution in [0.1, 0.15) is 27.4 Å². The van der Waals surface area contributed by atoms with Crippen molar-refractivity contribution in [1.82, 2.24) is 35.7 Å². The number of carbonyl (C=O) groups is 1. The van der Waals surface area contributed by atoms with Crippen LogP contribution in [0.4, 0.5) is 4.39 Å². The molecular formula is C25H17Cl3FN7O. The van der Waals surface area contributed by atoms with Crippen LogP contribution in [0.5, 0.6) is 0 Å². The van der Waals surface area contributed by atoms with Gasteiger partial charge < -0.3 is 5.32 Å². The highest BCUT2D eigenvalue weighted by Gasteiger charge is 2.27. The minimum atomic E-state index is -0.443. The fraction of sp³-hybridized carbons (Fsp3) is 0.0800. The maximum atomic E-state index is 13.5. The highest BCUT2D eigenvalue weighted by molar-refractivity contribution is 6.35. The van der Waals surface area contributed by atoms with Crippen LogP contribution in [0, 0.1) is 5.82 Å². The average Bonchev–Trinajstić information content (AvgIpc) is 3.53. The number of tetrazole rings is 1. The quantitative estimate of drug-likeness (QED) is 0.269. The zero-order valence-corrected chi connectivity index (χ0v) is 21.2. The highest BCUT2D eigenvalue weighted by atomic mass is 35.5. The molecule has 0 fully saturated rings. The van der Waals surface area contributed by atoms with Crippen molar-refractivity contribution in [1.29, 1.82) is 0 Å². The second kappa shape index (κ2) is 10.7. The van der Waals surface area contributed by atoms with E-state index in [0.29, 0.717) is 37.8 Å². The van der Waals surface area contributed by atoms with Gasteiger partial charge in [-0.05, 0) is 48.0 Å². The molecule has 2 N–H and O–H groups in total. The van der Waals surface area contributed by atoms with Gasteiger partial charge in [0.1, 0.15) is 5.82 Å². The van der Waals surface area contributed by atoms with Gasteiger partial charge in [0, 0.05) is 34.1 Å². The third-order valence-electron chi connectivity index (χ3n) is 5.54. The predicted octanol–water partition coefficient (Wildman–Crippen LogP) is 5.67. The van der Waals surface area contributed by atoms with Crippen LogP contribution < -0.4 is 5.32 Å². The maximum Gasteiger partial charge on any atom is 0.272 e. The predicted molar refractivity (Wildman–Crippen MR) is 139 cm³/mol. The van der Waals surface area contributed by atoms with Crippen molar-refractivity contribution in [2.45, 2.75) is 13.0 Å². The van der Waals surface area contributed by atoms with Gasteiger partial charge in [-0.1, -0.05) is 64.3 Å². The Bertz CT molecular complexity index is 1550. The smallest absolute Gasteiger partial charge is 0.272 e. The Balaban J connectivity index is 1.65. The van der Waals surface area contributed by atoms with E-state index in [0.717, 1.165) is 11.1 Å². The van der Waals surface area contributed by atoms with E-state index < -0.39 is 5.91 Å². The van der Waals surface area contributed by atoms with Crippen molar-refractivity contribution in [2.75, 3.05) is 0 Å². The minimum absolute atomic E-state index is 0.142. The van der Waals surface area contributed by atoms with Crippen LogP contribution in [0.25, 0.3) is 16.9 Å². The molecule has 8 nitrogen and oxygen atoms in total. The number of aromatic nitrogens is 6. The van der Waals surface area contributed by atoms with Crippen LogP contribution in [0.15, 0.2) is 66.7 Å². The van der Waals surface area contributed by atoms with E-state index >= 15 is 0 Å². The van der Waals surface area contributed by atoms with E-state index in [2.05, 4.69) is 31.0 Å². The number of halogens is 4. The number of rotatable bonds is 7. The number of H-pyrrole nitrogens is 1. The Morgan fingerprint density at radius 1 is 0.973 bits per heavy atom. The lowest BCUT2D eigenvalue weighted by molar-refractivity contribution is 0.0944. The molecule has 1 amide bonds. The van der Waals surface area contributed by atoms with Gasteiger partial charge in [0.05, 0.1) is 16.4 Å². The van der Waals surface area contributed by atoms with Gasteiger partial charge in [0.25, 0.3) is 5.91 Å². The summed E-state index contributed by atoms with van der Waals surface area (Å²) in [5, 5.41) is 23.1. The average molecular weight is 557 g/mol. The van der Waals surface area contributed by atoms with Crippen molar-refractivity contribution in [3.8, 4) is 16.9 Å². The molecule has 0 unspecified atom stereocenters. The Hall–Kier alpha value is -3.79. The number of hydrogen-bond donors (Lipinski definition) is 2. The van der Waals surface area contributed by atoms with Gasteiger partial charge in [0.2, 0.25) is 0 Å². The molecule has 0 radical (unpaired) electrons. The van der Waals surface area contributed by atoms with Gasteiger partial charge in [-0.3, -0.25) is 4.79 Å². The number of hydrogen-bond acceptors (Lipinski definition) is 5. The van der Waals surface area contributed by atoms with Crippen molar-refractivity contribution in [2.24, 2.45) is 0 Å². The van der Waals surface area contributed by atoms with E-state index in [4.69, 9.17) is 34.8 Å². The molecule has 0 saturated carbocycles. The first-order valence-electron chi connectivity index (χ1n) is 11.0. The normalized spacial score (nSPS) is 11.0. The summed E-state index contributed by atoms with van der Waals surface area (Å²) in [5.41, 5.74) is 3.27. The maximum absolute atomic E-state index is 13.5. The molecule has 2 aromatic heterocycles. The molecule has 37 heavy (non-hydrogen) atoms. The van der Waals surface area contributed by atoms with Crippen molar-refractivity contribution >= 4 is 40.7 Å². The molecule has 0 aliphatic heterocycles. The van der Waals surface area contributed by atoms with E-state index in [1.165, 1.54) is 12.1 Å². The van der Waals surface area contributed by atoms with Crippen molar-refractivity contribution in [3.63, 3.8) is 0 Å². The second-order valence-corrected chi connectivity index (χ2v) is 9.28. The first-order chi connectivity index (χ1) is 17.9. The molecule has 5 aromatic rings. The lowest BCUT2D eigenvalue weighted by Crippen LogP contribution is -2.24. The number of nitrogens with one attached hydrogen (secondary N) is 2. The monoisotopic (exact) mass is 555 g/mol. The Morgan fingerprint density at radius 2 is 1.70 bits per heavy atom. The first kappa shape index (κ1) is 24.9. The summed E-state index contributed by atoms with van der Waals surface area (Å²) in [5.74, 6) is -0.435. The Kier molecular flexibility index (Phi) is 7.18. The van der Waals surface area contributed by atoms with E-state index in [-0.39, 0.29) is 24.5 Å². The Morgan fingerprint density at radius 3 is 2.38 bits per heavy atom. The number of amides is 1. The van der Waals surface area contributed by atoms with Crippen LogP contribution in [0.3, 0.4) is 0 Å². The summed E-state index contributed by atoms with van der Waals surface area (Å²) < 4.78 is 14.9. The lowest BCUT2D eigenvalue weighted by atomic mass is 10.0. The number of aromatic amines is 1. The molecule has 0 spiro atoms. The Labute approximate surface area is 225 Å². The molecule has 5 rings (SSSR count). The summed E-state index contributed by atoms with van der Waals surface area (Å²) in [6, 6.07) is 18.0. The van der Waals surface area contributed by atoms with Crippen LogP contribution in [-0.2, 0) is 13.0 Å². The molecular weight excluding hydrogens is 540 g/mol. The molecule has 0 bridgehead atoms. The van der Waals surface area contributed by atoms with Gasteiger partial charge >= 0.3 is 0 Å². The van der Waals surface area contributed by atoms with E-state index in [1.54, 1.807) is 47.1 Å². The minimum Gasteiger partial charge on any atom is -0.347 e. The molecule has 0 aliphatic carbocycles. The first-order valence-corrected chi connectivity index (χ1v) is 12.1. The molecule has 186 valence electrons. The summed E-state index contributed by atoms with van der Waals surface area (Å²) in [7, 11) is 0. The summed E-state index contributed by atoms with van der Waals surface area (Å²) in [6.45, 7) is 0.172. The topological polar surface area (TPSA) is 101 Å². The molecule has 0 aliphatic rings. The highest BCUT2D eigenvalue weighted by Crippen LogP contribution is 2.34. The number of nitrogens with zero attached hydrogens (tertiary/aromatic N) is 5. The fourth-order valence-electron chi connectivity index (χ4n) is 3.82. The SMILES string of the molecule is O=C(NCc1ccc(F)cc1)c1nn(-c2ccc(Cl)cc2Cl)c(-c2ccc(Cl)cc2)c1Cc1nn[nH]n1. The van der Waals surface area contributed by atoms with Gasteiger partial charge in [-0.2, -0.15) is 10.3 Å².